The third-order valence-electron chi connectivity index (χ3n) is 3.72. The summed E-state index contributed by atoms with van der Waals surface area (Å²) in [5.74, 6) is -1.26. The van der Waals surface area contributed by atoms with Crippen LogP contribution >= 0.6 is 0 Å². The Bertz CT molecular complexity index is 1010. The molecular weight excluding hydrogens is 351 g/mol. The molecule has 0 radical (unpaired) electrons. The van der Waals surface area contributed by atoms with Crippen molar-refractivity contribution in [1.29, 1.82) is 0 Å². The van der Waals surface area contributed by atoms with Gasteiger partial charge in [0.05, 0.1) is 13.4 Å². The molecule has 3 aromatic rings. The summed E-state index contributed by atoms with van der Waals surface area (Å²) in [6.45, 7) is 0. The van der Waals surface area contributed by atoms with E-state index in [1.165, 1.54) is 7.11 Å². The highest BCUT2D eigenvalue weighted by molar-refractivity contribution is 6.19. The Balaban J connectivity index is 2.16. The number of hydrogen-bond acceptors (Lipinski definition) is 4. The fraction of sp³-hybridized carbons (Fsp3) is 0.111. The topological polar surface area (TPSA) is 72.6 Å². The number of aliphatic carboxylic acids is 1. The van der Waals surface area contributed by atoms with Crippen LogP contribution in [0.25, 0.3) is 27.7 Å². The van der Waals surface area contributed by atoms with Crippen molar-refractivity contribution in [2.45, 2.75) is 6.18 Å². The standard InChI is InChI=1S/C18H12F3NO4/c1-25-9-14(17(23)24)12-4-2-3-10-5-6-11(7-13(10)12)15-8-16(22-26-15)18(19,20)21/h2-9H,1H3,(H,23,24). The van der Waals surface area contributed by atoms with Gasteiger partial charge in [0, 0.05) is 11.6 Å². The molecule has 1 aromatic heterocycles. The molecule has 0 aliphatic carbocycles. The molecule has 26 heavy (non-hydrogen) atoms. The second kappa shape index (κ2) is 6.55. The minimum absolute atomic E-state index is 0.0679. The van der Waals surface area contributed by atoms with E-state index >= 15 is 0 Å². The van der Waals surface area contributed by atoms with Crippen molar-refractivity contribution in [2.24, 2.45) is 0 Å². The van der Waals surface area contributed by atoms with Crippen LogP contribution in [0.15, 0.2) is 53.2 Å². The zero-order chi connectivity index (χ0) is 18.9. The number of hydrogen-bond donors (Lipinski definition) is 1. The molecule has 0 aliphatic heterocycles. The number of carboxylic acid groups (broad SMARTS) is 1. The first-order valence-corrected chi connectivity index (χ1v) is 7.35. The van der Waals surface area contributed by atoms with Gasteiger partial charge in [0.25, 0.3) is 0 Å². The molecule has 0 unspecified atom stereocenters. The number of nitrogens with zero attached hydrogens (tertiary/aromatic N) is 1. The second-order valence-electron chi connectivity index (χ2n) is 5.39. The van der Waals surface area contributed by atoms with Gasteiger partial charge < -0.3 is 14.4 Å². The van der Waals surface area contributed by atoms with Crippen molar-refractivity contribution in [3.05, 3.63) is 60.0 Å². The van der Waals surface area contributed by atoms with Crippen LogP contribution in [0, 0.1) is 0 Å². The van der Waals surface area contributed by atoms with Gasteiger partial charge in [-0.1, -0.05) is 35.5 Å². The zero-order valence-corrected chi connectivity index (χ0v) is 13.4. The molecule has 0 amide bonds. The quantitative estimate of drug-likeness (QED) is 0.542. The van der Waals surface area contributed by atoms with Gasteiger partial charge in [-0.15, -0.1) is 0 Å². The predicted octanol–water partition coefficient (Wildman–Crippen LogP) is 4.59. The molecule has 5 nitrogen and oxygen atoms in total. The second-order valence-corrected chi connectivity index (χ2v) is 5.39. The van der Waals surface area contributed by atoms with Gasteiger partial charge in [-0.05, 0) is 22.4 Å². The SMILES string of the molecule is COC=C(C(=O)O)c1cccc2ccc(-c3cc(C(F)(F)F)no3)cc12. The van der Waals surface area contributed by atoms with Crippen LogP contribution in [-0.4, -0.2) is 23.3 Å². The lowest BCUT2D eigenvalue weighted by Crippen LogP contribution is -2.04. The summed E-state index contributed by atoms with van der Waals surface area (Å²) in [7, 11) is 1.33. The smallest absolute Gasteiger partial charge is 0.436 e. The van der Waals surface area contributed by atoms with E-state index in [9.17, 15) is 23.1 Å². The summed E-state index contributed by atoms with van der Waals surface area (Å²) in [5, 5.41) is 13.7. The first-order valence-electron chi connectivity index (χ1n) is 7.35. The van der Waals surface area contributed by atoms with Gasteiger partial charge in [0.2, 0.25) is 0 Å². The Morgan fingerprint density at radius 1 is 1.23 bits per heavy atom. The van der Waals surface area contributed by atoms with E-state index in [1.807, 2.05) is 0 Å². The van der Waals surface area contributed by atoms with E-state index in [2.05, 4.69) is 5.16 Å². The lowest BCUT2D eigenvalue weighted by atomic mass is 9.96. The van der Waals surface area contributed by atoms with Crippen LogP contribution < -0.4 is 0 Å². The average Bonchev–Trinajstić information content (AvgIpc) is 3.09. The highest BCUT2D eigenvalue weighted by atomic mass is 19.4. The highest BCUT2D eigenvalue weighted by Crippen LogP contribution is 2.34. The lowest BCUT2D eigenvalue weighted by molar-refractivity contribution is -0.142. The highest BCUT2D eigenvalue weighted by Gasteiger charge is 2.35. The van der Waals surface area contributed by atoms with Gasteiger partial charge in [0.1, 0.15) is 5.57 Å². The molecule has 8 heteroatoms. The molecule has 0 atom stereocenters. The molecule has 1 heterocycles. The first-order chi connectivity index (χ1) is 12.3. The monoisotopic (exact) mass is 363 g/mol. The number of ether oxygens (including phenoxy) is 1. The van der Waals surface area contributed by atoms with Gasteiger partial charge in [-0.3, -0.25) is 0 Å². The third kappa shape index (κ3) is 3.26. The largest absolute Gasteiger partial charge is 0.503 e. The number of carbonyl (C=O) groups is 1. The van der Waals surface area contributed by atoms with Crippen molar-refractivity contribution >= 4 is 22.3 Å². The number of fused-ring (bicyclic) bond motifs is 1. The number of benzene rings is 2. The molecule has 0 saturated heterocycles. The summed E-state index contributed by atoms with van der Waals surface area (Å²) in [5.41, 5.74) is -0.500. The number of alkyl halides is 3. The summed E-state index contributed by atoms with van der Waals surface area (Å²) in [6, 6.07) is 10.6. The van der Waals surface area contributed by atoms with Crippen LogP contribution in [0.2, 0.25) is 0 Å². The van der Waals surface area contributed by atoms with Crippen molar-refractivity contribution in [3.63, 3.8) is 0 Å². The minimum atomic E-state index is -4.61. The van der Waals surface area contributed by atoms with E-state index in [1.54, 1.807) is 36.4 Å². The first kappa shape index (κ1) is 17.5. The Morgan fingerprint density at radius 3 is 2.62 bits per heavy atom. The van der Waals surface area contributed by atoms with Crippen LogP contribution in [0.3, 0.4) is 0 Å². The van der Waals surface area contributed by atoms with Crippen LogP contribution in [0.4, 0.5) is 13.2 Å². The Hall–Kier alpha value is -3.29. The minimum Gasteiger partial charge on any atom is -0.503 e. The van der Waals surface area contributed by atoms with Crippen molar-refractivity contribution in [3.8, 4) is 11.3 Å². The average molecular weight is 363 g/mol. The summed E-state index contributed by atoms with van der Waals surface area (Å²) >= 11 is 0. The number of carboxylic acids is 1. The van der Waals surface area contributed by atoms with Crippen molar-refractivity contribution in [2.75, 3.05) is 7.11 Å². The molecule has 1 N–H and O–H groups in total. The summed E-state index contributed by atoms with van der Waals surface area (Å²) < 4.78 is 47.7. The van der Waals surface area contributed by atoms with Gasteiger partial charge in [-0.25, -0.2) is 4.79 Å². The number of rotatable bonds is 4. The van der Waals surface area contributed by atoms with E-state index in [0.717, 1.165) is 12.3 Å². The number of methoxy groups -OCH3 is 1. The number of halogens is 3. The van der Waals surface area contributed by atoms with Crippen LogP contribution in [-0.2, 0) is 15.7 Å². The molecule has 0 aliphatic rings. The van der Waals surface area contributed by atoms with E-state index < -0.39 is 17.8 Å². The zero-order valence-electron chi connectivity index (χ0n) is 13.4. The fourth-order valence-corrected chi connectivity index (χ4v) is 2.55. The summed E-state index contributed by atoms with van der Waals surface area (Å²) in [4.78, 5) is 11.5. The van der Waals surface area contributed by atoms with E-state index in [4.69, 9.17) is 9.26 Å². The molecule has 3 rings (SSSR count). The fourth-order valence-electron chi connectivity index (χ4n) is 2.55. The van der Waals surface area contributed by atoms with Gasteiger partial charge in [-0.2, -0.15) is 13.2 Å². The molecule has 0 fully saturated rings. The molecule has 0 saturated carbocycles. The molecule has 134 valence electrons. The molecule has 2 aromatic carbocycles. The molecular formula is C18H12F3NO4. The lowest BCUT2D eigenvalue weighted by Gasteiger charge is -2.08. The Kier molecular flexibility index (Phi) is 4.41. The van der Waals surface area contributed by atoms with Gasteiger partial charge >= 0.3 is 12.1 Å². The van der Waals surface area contributed by atoms with Gasteiger partial charge in [0.15, 0.2) is 11.5 Å². The number of aromatic nitrogens is 1. The Labute approximate surface area is 145 Å². The maximum Gasteiger partial charge on any atom is 0.436 e. The van der Waals surface area contributed by atoms with E-state index in [0.29, 0.717) is 21.9 Å². The van der Waals surface area contributed by atoms with Crippen LogP contribution in [0.1, 0.15) is 11.3 Å². The third-order valence-corrected chi connectivity index (χ3v) is 3.72. The predicted molar refractivity (Wildman–Crippen MR) is 87.1 cm³/mol. The molecule has 0 spiro atoms. The Morgan fingerprint density at radius 2 is 2.00 bits per heavy atom. The van der Waals surface area contributed by atoms with Crippen LogP contribution in [0.5, 0.6) is 0 Å². The van der Waals surface area contributed by atoms with Crippen molar-refractivity contribution in [1.82, 2.24) is 5.16 Å². The van der Waals surface area contributed by atoms with Crippen molar-refractivity contribution < 1.29 is 32.3 Å². The maximum atomic E-state index is 12.7. The summed E-state index contributed by atoms with van der Waals surface area (Å²) in [6.07, 6.45) is -3.51. The molecule has 0 bridgehead atoms. The maximum absolute atomic E-state index is 12.7. The normalized spacial score (nSPS) is 12.4. The van der Waals surface area contributed by atoms with E-state index in [-0.39, 0.29) is 11.3 Å².